The first-order valence-corrected chi connectivity index (χ1v) is 7.66. The first-order chi connectivity index (χ1) is 7.99. The zero-order chi connectivity index (χ0) is 12.4. The molecule has 0 aromatic rings. The highest BCUT2D eigenvalue weighted by Crippen LogP contribution is 2.39. The molecule has 0 aromatic heterocycles. The minimum atomic E-state index is -0.0637. The van der Waals surface area contributed by atoms with E-state index < -0.39 is 0 Å². The van der Waals surface area contributed by atoms with Gasteiger partial charge < -0.3 is 15.2 Å². The average Bonchev–Trinajstić information content (AvgIpc) is 2.27. The van der Waals surface area contributed by atoms with Crippen LogP contribution in [0.3, 0.4) is 0 Å². The Hall–Kier alpha value is 0.230. The van der Waals surface area contributed by atoms with Gasteiger partial charge in [-0.05, 0) is 39.5 Å². The van der Waals surface area contributed by atoms with Crippen LogP contribution >= 0.6 is 11.8 Å². The van der Waals surface area contributed by atoms with Crippen molar-refractivity contribution in [1.82, 2.24) is 0 Å². The Kier molecular flexibility index (Phi) is 4.40. The van der Waals surface area contributed by atoms with Gasteiger partial charge in [0.05, 0.1) is 5.60 Å². The van der Waals surface area contributed by atoms with Gasteiger partial charge in [0.1, 0.15) is 0 Å². The van der Waals surface area contributed by atoms with Crippen molar-refractivity contribution in [1.29, 1.82) is 0 Å². The van der Waals surface area contributed by atoms with E-state index in [-0.39, 0.29) is 11.1 Å². The number of hydrogen-bond acceptors (Lipinski definition) is 4. The first-order valence-electron chi connectivity index (χ1n) is 6.61. The molecular formula is C13H25NO2S. The standard InChI is InChI=1S/C13H25NO2S/c1-12(2,14)10-17-11-3-6-16-13(9-11)4-7-15-8-5-13/h11H,3-10,14H2,1-2H3. The first kappa shape index (κ1) is 13.7. The van der Waals surface area contributed by atoms with Crippen LogP contribution in [0.5, 0.6) is 0 Å². The molecule has 1 atom stereocenters. The summed E-state index contributed by atoms with van der Waals surface area (Å²) in [4.78, 5) is 0. The van der Waals surface area contributed by atoms with Crippen LogP contribution in [-0.2, 0) is 9.47 Å². The third-order valence-electron chi connectivity index (χ3n) is 3.54. The van der Waals surface area contributed by atoms with Gasteiger partial charge in [-0.1, -0.05) is 0 Å². The predicted octanol–water partition coefficient (Wildman–Crippen LogP) is 2.19. The number of hydrogen-bond donors (Lipinski definition) is 1. The Bertz CT molecular complexity index is 241. The van der Waals surface area contributed by atoms with E-state index in [4.69, 9.17) is 15.2 Å². The van der Waals surface area contributed by atoms with Gasteiger partial charge in [-0.2, -0.15) is 11.8 Å². The Morgan fingerprint density at radius 2 is 2.00 bits per heavy atom. The lowest BCUT2D eigenvalue weighted by Crippen LogP contribution is -2.46. The second-order valence-electron chi connectivity index (χ2n) is 6.06. The maximum atomic E-state index is 6.05. The summed E-state index contributed by atoms with van der Waals surface area (Å²) in [7, 11) is 0. The molecule has 0 bridgehead atoms. The zero-order valence-electron chi connectivity index (χ0n) is 11.0. The quantitative estimate of drug-likeness (QED) is 0.844. The van der Waals surface area contributed by atoms with Gasteiger partial charge >= 0.3 is 0 Å². The van der Waals surface area contributed by atoms with E-state index in [0.717, 1.165) is 38.4 Å². The molecule has 2 rings (SSSR count). The average molecular weight is 259 g/mol. The van der Waals surface area contributed by atoms with Gasteiger partial charge in [0.25, 0.3) is 0 Å². The van der Waals surface area contributed by atoms with Crippen molar-refractivity contribution in [3.05, 3.63) is 0 Å². The van der Waals surface area contributed by atoms with E-state index in [0.29, 0.717) is 5.25 Å². The van der Waals surface area contributed by atoms with Crippen molar-refractivity contribution < 1.29 is 9.47 Å². The third-order valence-corrected chi connectivity index (χ3v) is 5.33. The second-order valence-corrected chi connectivity index (χ2v) is 7.35. The summed E-state index contributed by atoms with van der Waals surface area (Å²) in [5, 5.41) is 0.713. The topological polar surface area (TPSA) is 44.5 Å². The molecule has 0 radical (unpaired) electrons. The molecule has 17 heavy (non-hydrogen) atoms. The summed E-state index contributed by atoms with van der Waals surface area (Å²) in [6.07, 6.45) is 4.48. The minimum absolute atomic E-state index is 0.0637. The molecule has 4 heteroatoms. The van der Waals surface area contributed by atoms with Crippen molar-refractivity contribution >= 4 is 11.8 Å². The van der Waals surface area contributed by atoms with Crippen LogP contribution in [-0.4, -0.2) is 42.0 Å². The normalized spacial score (nSPS) is 29.5. The van der Waals surface area contributed by atoms with Gasteiger partial charge in [-0.15, -0.1) is 0 Å². The monoisotopic (exact) mass is 259 g/mol. The fraction of sp³-hybridized carbons (Fsp3) is 1.00. The molecule has 0 aliphatic carbocycles. The lowest BCUT2D eigenvalue weighted by molar-refractivity contribution is -0.131. The molecule has 3 nitrogen and oxygen atoms in total. The Balaban J connectivity index is 1.84. The molecule has 1 unspecified atom stereocenters. The van der Waals surface area contributed by atoms with Crippen LogP contribution in [0.25, 0.3) is 0 Å². The van der Waals surface area contributed by atoms with Crippen LogP contribution in [0.4, 0.5) is 0 Å². The maximum absolute atomic E-state index is 6.05. The highest BCUT2D eigenvalue weighted by Gasteiger charge is 2.39. The summed E-state index contributed by atoms with van der Waals surface area (Å²) >= 11 is 2.03. The van der Waals surface area contributed by atoms with Crippen molar-refractivity contribution in [2.24, 2.45) is 5.73 Å². The fourth-order valence-corrected chi connectivity index (χ4v) is 3.90. The summed E-state index contributed by atoms with van der Waals surface area (Å²) in [5.41, 5.74) is 6.10. The van der Waals surface area contributed by atoms with Crippen molar-refractivity contribution in [3.63, 3.8) is 0 Å². The summed E-state index contributed by atoms with van der Waals surface area (Å²) < 4.78 is 11.5. The van der Waals surface area contributed by atoms with Crippen molar-refractivity contribution in [3.8, 4) is 0 Å². The molecule has 100 valence electrons. The molecule has 2 aliphatic rings. The third kappa shape index (κ3) is 4.12. The summed E-state index contributed by atoms with van der Waals surface area (Å²) in [6.45, 7) is 6.83. The minimum Gasteiger partial charge on any atom is -0.381 e. The maximum Gasteiger partial charge on any atom is 0.0736 e. The smallest absolute Gasteiger partial charge is 0.0736 e. The highest BCUT2D eigenvalue weighted by atomic mass is 32.2. The molecule has 2 heterocycles. The van der Waals surface area contributed by atoms with Crippen LogP contribution in [0, 0.1) is 0 Å². The summed E-state index contributed by atoms with van der Waals surface area (Å²) in [5.74, 6) is 1.03. The fourth-order valence-electron chi connectivity index (χ4n) is 2.55. The molecule has 1 spiro atoms. The van der Waals surface area contributed by atoms with Gasteiger partial charge in [-0.25, -0.2) is 0 Å². The largest absolute Gasteiger partial charge is 0.381 e. The SMILES string of the molecule is CC(C)(N)CSC1CCOC2(CCOCC2)C1. The van der Waals surface area contributed by atoms with Gasteiger partial charge in [0.2, 0.25) is 0 Å². The van der Waals surface area contributed by atoms with E-state index in [1.165, 1.54) is 12.8 Å². The van der Waals surface area contributed by atoms with Crippen LogP contribution in [0.15, 0.2) is 0 Å². The van der Waals surface area contributed by atoms with Crippen molar-refractivity contribution in [2.75, 3.05) is 25.6 Å². The van der Waals surface area contributed by atoms with E-state index >= 15 is 0 Å². The molecule has 2 N–H and O–H groups in total. The molecule has 2 saturated heterocycles. The van der Waals surface area contributed by atoms with Crippen LogP contribution in [0.1, 0.15) is 39.5 Å². The Morgan fingerprint density at radius 3 is 2.65 bits per heavy atom. The molecular weight excluding hydrogens is 234 g/mol. The lowest BCUT2D eigenvalue weighted by atomic mass is 9.86. The molecule has 2 aliphatic heterocycles. The number of ether oxygens (including phenoxy) is 2. The number of thioether (sulfide) groups is 1. The van der Waals surface area contributed by atoms with E-state index in [1.807, 2.05) is 11.8 Å². The van der Waals surface area contributed by atoms with Crippen LogP contribution in [0.2, 0.25) is 0 Å². The van der Waals surface area contributed by atoms with E-state index in [1.54, 1.807) is 0 Å². The van der Waals surface area contributed by atoms with E-state index in [2.05, 4.69) is 13.8 Å². The molecule has 2 fully saturated rings. The Morgan fingerprint density at radius 1 is 1.29 bits per heavy atom. The summed E-state index contributed by atoms with van der Waals surface area (Å²) in [6, 6.07) is 0. The Labute approximate surface area is 109 Å². The molecule has 0 amide bonds. The highest BCUT2D eigenvalue weighted by molar-refractivity contribution is 8.00. The zero-order valence-corrected chi connectivity index (χ0v) is 11.9. The van der Waals surface area contributed by atoms with Gasteiger partial charge in [0.15, 0.2) is 0 Å². The molecule has 0 aromatic carbocycles. The van der Waals surface area contributed by atoms with Gasteiger partial charge in [0, 0.05) is 36.4 Å². The second kappa shape index (κ2) is 5.47. The van der Waals surface area contributed by atoms with E-state index in [9.17, 15) is 0 Å². The van der Waals surface area contributed by atoms with Gasteiger partial charge in [-0.3, -0.25) is 0 Å². The predicted molar refractivity (Wildman–Crippen MR) is 72.5 cm³/mol. The number of rotatable bonds is 3. The van der Waals surface area contributed by atoms with Crippen LogP contribution < -0.4 is 5.73 Å². The molecule has 0 saturated carbocycles. The number of nitrogens with two attached hydrogens (primary N) is 1. The lowest BCUT2D eigenvalue weighted by Gasteiger charge is -2.43. The van der Waals surface area contributed by atoms with Crippen molar-refractivity contribution in [2.45, 2.75) is 55.9 Å².